The molecule has 13 heteroatoms. The number of thiocarbonyl (C=S) groups is 1. The lowest BCUT2D eigenvalue weighted by Gasteiger charge is -2.18. The molecular weight excluding hydrogens is 540 g/mol. The van der Waals surface area contributed by atoms with E-state index >= 15 is 0 Å². The van der Waals surface area contributed by atoms with Crippen LogP contribution in [0.2, 0.25) is 0 Å². The molecule has 0 fully saturated rings. The first kappa shape index (κ1) is 25.9. The topological polar surface area (TPSA) is 160 Å². The molecule has 4 N–H and O–H groups in total. The van der Waals surface area contributed by atoms with E-state index in [9.17, 15) is 23.3 Å². The fraction of sp³-hybridized carbons (Fsp3) is 0.0385. The summed E-state index contributed by atoms with van der Waals surface area (Å²) in [6.07, 6.45) is 0. The van der Waals surface area contributed by atoms with E-state index in [1.54, 1.807) is 6.07 Å². The number of anilines is 2. The molecule has 0 saturated heterocycles. The zero-order chi connectivity index (χ0) is 27.7. The Hall–Kier alpha value is -4.72. The van der Waals surface area contributed by atoms with Crippen LogP contribution in [-0.2, 0) is 21.4 Å². The molecule has 5 rings (SSSR count). The van der Waals surface area contributed by atoms with Crippen LogP contribution in [0.5, 0.6) is 0 Å². The Morgan fingerprint density at radius 3 is 2.54 bits per heavy atom. The first-order chi connectivity index (χ1) is 18.6. The number of nitro groups is 1. The third-order valence-electron chi connectivity index (χ3n) is 6.08. The fourth-order valence-electron chi connectivity index (χ4n) is 4.30. The molecule has 1 aliphatic rings. The largest absolute Gasteiger partial charge is 0.331 e. The number of nitrogens with zero attached hydrogens (tertiary/aromatic N) is 3. The number of hydrogen-bond donors (Lipinski definition) is 3. The molecule has 0 aromatic heterocycles. The van der Waals surface area contributed by atoms with Gasteiger partial charge >= 0.3 is 0 Å². The second-order valence-electron chi connectivity index (χ2n) is 8.59. The summed E-state index contributed by atoms with van der Waals surface area (Å²) in [5.74, 6) is -0.468. The van der Waals surface area contributed by atoms with Crippen molar-refractivity contribution in [3.8, 4) is 0 Å². The normalized spacial score (nSPS) is 13.9. The van der Waals surface area contributed by atoms with Crippen LogP contribution < -0.4 is 20.8 Å². The van der Waals surface area contributed by atoms with Crippen LogP contribution in [0, 0.1) is 10.1 Å². The summed E-state index contributed by atoms with van der Waals surface area (Å²) < 4.78 is 23.2. The van der Waals surface area contributed by atoms with Gasteiger partial charge < -0.3 is 10.2 Å². The van der Waals surface area contributed by atoms with Gasteiger partial charge in [-0.1, -0.05) is 48.5 Å². The minimum atomic E-state index is -3.92. The molecular formula is C26H20N6O5S2. The Morgan fingerprint density at radius 2 is 1.77 bits per heavy atom. The molecule has 0 unspecified atom stereocenters. The first-order valence-corrected chi connectivity index (χ1v) is 13.4. The van der Waals surface area contributed by atoms with Gasteiger partial charge in [-0.05, 0) is 52.8 Å². The average molecular weight is 561 g/mol. The number of nitrogens with two attached hydrogens (primary N) is 1. The molecule has 1 heterocycles. The number of hydrazone groups is 1. The lowest BCUT2D eigenvalue weighted by Crippen LogP contribution is -2.32. The number of primary sulfonamides is 1. The van der Waals surface area contributed by atoms with E-state index in [0.717, 1.165) is 16.3 Å². The summed E-state index contributed by atoms with van der Waals surface area (Å²) >= 11 is 5.26. The zero-order valence-corrected chi connectivity index (χ0v) is 21.7. The fourth-order valence-corrected chi connectivity index (χ4v) is 5.02. The van der Waals surface area contributed by atoms with Crippen LogP contribution in [0.4, 0.5) is 17.1 Å². The predicted molar refractivity (Wildman–Crippen MR) is 152 cm³/mol. The molecule has 196 valence electrons. The van der Waals surface area contributed by atoms with Crippen molar-refractivity contribution in [1.82, 2.24) is 5.43 Å². The average Bonchev–Trinajstić information content (AvgIpc) is 3.17. The van der Waals surface area contributed by atoms with E-state index in [1.165, 1.54) is 41.3 Å². The minimum absolute atomic E-state index is 0.0404. The third-order valence-corrected chi connectivity index (χ3v) is 7.19. The van der Waals surface area contributed by atoms with Crippen LogP contribution in [0.15, 0.2) is 94.9 Å². The Balaban J connectivity index is 1.45. The molecule has 1 aliphatic heterocycles. The highest BCUT2D eigenvalue weighted by Crippen LogP contribution is 2.34. The summed E-state index contributed by atoms with van der Waals surface area (Å²) in [7, 11) is -3.92. The number of fused-ring (bicyclic) bond motifs is 2. The molecule has 4 aromatic carbocycles. The van der Waals surface area contributed by atoms with Gasteiger partial charge in [0.15, 0.2) is 10.8 Å². The highest BCUT2D eigenvalue weighted by Gasteiger charge is 2.36. The summed E-state index contributed by atoms with van der Waals surface area (Å²) in [6, 6.07) is 23.4. The van der Waals surface area contributed by atoms with Crippen LogP contribution in [0.25, 0.3) is 10.8 Å². The van der Waals surface area contributed by atoms with E-state index < -0.39 is 20.9 Å². The maximum Gasteiger partial charge on any atom is 0.279 e. The van der Waals surface area contributed by atoms with Gasteiger partial charge in [-0.3, -0.25) is 20.3 Å². The summed E-state index contributed by atoms with van der Waals surface area (Å²) in [4.78, 5) is 25.8. The van der Waals surface area contributed by atoms with Gasteiger partial charge in [0.2, 0.25) is 10.0 Å². The van der Waals surface area contributed by atoms with E-state index in [2.05, 4.69) is 15.8 Å². The molecule has 0 atom stereocenters. The number of hydrogen-bond acceptors (Lipinski definition) is 7. The van der Waals surface area contributed by atoms with Crippen molar-refractivity contribution in [3.05, 3.63) is 106 Å². The molecule has 39 heavy (non-hydrogen) atoms. The summed E-state index contributed by atoms with van der Waals surface area (Å²) in [5, 5.41) is 25.5. The molecule has 4 aromatic rings. The van der Waals surface area contributed by atoms with Crippen molar-refractivity contribution in [2.24, 2.45) is 10.2 Å². The predicted octanol–water partition coefficient (Wildman–Crippen LogP) is 3.63. The third kappa shape index (κ3) is 5.31. The number of sulfonamides is 1. The maximum atomic E-state index is 13.6. The molecule has 0 spiro atoms. The van der Waals surface area contributed by atoms with Crippen molar-refractivity contribution in [2.75, 3.05) is 10.2 Å². The molecule has 11 nitrogen and oxygen atoms in total. The molecule has 0 bridgehead atoms. The number of nitrogens with one attached hydrogen (secondary N) is 2. The lowest BCUT2D eigenvalue weighted by molar-refractivity contribution is -0.384. The maximum absolute atomic E-state index is 13.6. The quantitative estimate of drug-likeness (QED) is 0.183. The van der Waals surface area contributed by atoms with Gasteiger partial charge in [0, 0.05) is 23.4 Å². The van der Waals surface area contributed by atoms with E-state index in [4.69, 9.17) is 17.4 Å². The second-order valence-corrected chi connectivity index (χ2v) is 10.6. The van der Waals surface area contributed by atoms with Crippen molar-refractivity contribution in [3.63, 3.8) is 0 Å². The number of benzene rings is 4. The van der Waals surface area contributed by atoms with Gasteiger partial charge in [-0.25, -0.2) is 13.6 Å². The minimum Gasteiger partial charge on any atom is -0.331 e. The van der Waals surface area contributed by atoms with E-state index in [0.29, 0.717) is 11.4 Å². The van der Waals surface area contributed by atoms with Gasteiger partial charge in [0.05, 0.1) is 22.1 Å². The van der Waals surface area contributed by atoms with Crippen molar-refractivity contribution >= 4 is 66.8 Å². The van der Waals surface area contributed by atoms with Crippen molar-refractivity contribution in [1.29, 1.82) is 0 Å². The first-order valence-electron chi connectivity index (χ1n) is 11.5. The summed E-state index contributed by atoms with van der Waals surface area (Å²) in [6.45, 7) is 0.215. The van der Waals surface area contributed by atoms with E-state index in [1.807, 2.05) is 42.5 Å². The smallest absolute Gasteiger partial charge is 0.279 e. The van der Waals surface area contributed by atoms with Gasteiger partial charge in [-0.15, -0.1) is 0 Å². The number of carbonyl (C=O) groups is 1. The molecule has 0 radical (unpaired) electrons. The van der Waals surface area contributed by atoms with Gasteiger partial charge in [-0.2, -0.15) is 5.10 Å². The Morgan fingerprint density at radius 1 is 1.03 bits per heavy atom. The molecule has 0 aliphatic carbocycles. The number of amides is 1. The van der Waals surface area contributed by atoms with Crippen LogP contribution in [-0.4, -0.2) is 30.1 Å². The number of carbonyl (C=O) groups excluding carboxylic acids is 1. The molecule has 1 amide bonds. The van der Waals surface area contributed by atoms with Crippen LogP contribution >= 0.6 is 12.2 Å². The van der Waals surface area contributed by atoms with Crippen molar-refractivity contribution in [2.45, 2.75) is 11.4 Å². The second kappa shape index (κ2) is 10.2. The lowest BCUT2D eigenvalue weighted by atomic mass is 10.0. The van der Waals surface area contributed by atoms with Gasteiger partial charge in [0.25, 0.3) is 11.6 Å². The van der Waals surface area contributed by atoms with Crippen molar-refractivity contribution < 1.29 is 18.1 Å². The van der Waals surface area contributed by atoms with Gasteiger partial charge in [0.1, 0.15) is 0 Å². The SMILES string of the molecule is NS(=O)(=O)c1cccc(NC(=S)NN=C2C(=O)N(Cc3cccc4ccccc34)c3ccc([N+](=O)[O-])cc32)c1. The van der Waals surface area contributed by atoms with Crippen LogP contribution in [0.3, 0.4) is 0 Å². The number of non-ortho nitro benzene ring substituents is 1. The summed E-state index contributed by atoms with van der Waals surface area (Å²) in [5.41, 5.74) is 4.29. The number of nitro benzene ring substituents is 1. The Bertz CT molecular complexity index is 1800. The number of rotatable bonds is 6. The monoisotopic (exact) mass is 560 g/mol. The highest BCUT2D eigenvalue weighted by molar-refractivity contribution is 7.89. The Kier molecular flexibility index (Phi) is 6.78. The Labute approximate surface area is 228 Å². The standard InChI is InChI=1S/C26H20N6O5S2/c27-39(36,37)20-9-4-8-18(13-20)28-26(38)30-29-24-22-14-19(32(34)35)11-12-23(22)31(25(24)33)15-17-7-3-6-16-5-1-2-10-21(16)17/h1-14H,15H2,(H2,27,36,37)(H2,28,30,38). The van der Waals surface area contributed by atoms with E-state index in [-0.39, 0.29) is 33.5 Å². The van der Waals surface area contributed by atoms with Crippen LogP contribution in [0.1, 0.15) is 11.1 Å². The highest BCUT2D eigenvalue weighted by atomic mass is 32.2. The molecule has 0 saturated carbocycles. The zero-order valence-electron chi connectivity index (χ0n) is 20.1.